The van der Waals surface area contributed by atoms with Gasteiger partial charge in [0.2, 0.25) is 0 Å². The van der Waals surface area contributed by atoms with Crippen LogP contribution in [0, 0.1) is 5.92 Å². The summed E-state index contributed by atoms with van der Waals surface area (Å²) >= 11 is 0. The molecule has 2 heterocycles. The Morgan fingerprint density at radius 2 is 1.88 bits per heavy atom. The zero-order valence-electron chi connectivity index (χ0n) is 9.89. The fourth-order valence-electron chi connectivity index (χ4n) is 2.48. The molecule has 0 saturated carbocycles. The third kappa shape index (κ3) is 3.09. The Kier molecular flexibility index (Phi) is 3.83. The van der Waals surface area contributed by atoms with Crippen LogP contribution in [-0.2, 0) is 4.79 Å². The molecule has 6 nitrogen and oxygen atoms in total. The van der Waals surface area contributed by atoms with Gasteiger partial charge in [-0.3, -0.25) is 4.79 Å². The van der Waals surface area contributed by atoms with Gasteiger partial charge in [-0.1, -0.05) is 0 Å². The minimum Gasteiger partial charge on any atom is -0.481 e. The number of likely N-dealkylation sites (tertiary alicyclic amines) is 1. The largest absolute Gasteiger partial charge is 0.481 e. The highest BCUT2D eigenvalue weighted by molar-refractivity contribution is 5.75. The van der Waals surface area contributed by atoms with Crippen molar-refractivity contribution in [2.24, 2.45) is 5.92 Å². The van der Waals surface area contributed by atoms with Gasteiger partial charge in [0, 0.05) is 45.7 Å². The Bertz CT molecular complexity index is 302. The van der Waals surface area contributed by atoms with E-state index in [9.17, 15) is 9.59 Å². The SMILES string of the molecule is O=C(O)CC1CCN(C(=O)N2CCNCC2)C1. The second-order valence-corrected chi connectivity index (χ2v) is 4.72. The molecule has 6 heteroatoms. The highest BCUT2D eigenvalue weighted by Gasteiger charge is 2.30. The van der Waals surface area contributed by atoms with Crippen LogP contribution in [0.1, 0.15) is 12.8 Å². The van der Waals surface area contributed by atoms with Gasteiger partial charge in [0.25, 0.3) is 0 Å². The Labute approximate surface area is 101 Å². The normalized spacial score (nSPS) is 25.1. The van der Waals surface area contributed by atoms with Crippen molar-refractivity contribution in [3.8, 4) is 0 Å². The molecule has 0 aliphatic carbocycles. The molecule has 0 aromatic rings. The zero-order chi connectivity index (χ0) is 12.3. The fraction of sp³-hybridized carbons (Fsp3) is 0.818. The summed E-state index contributed by atoms with van der Waals surface area (Å²) in [6.07, 6.45) is 0.982. The van der Waals surface area contributed by atoms with E-state index in [4.69, 9.17) is 5.11 Å². The number of carbonyl (C=O) groups excluding carboxylic acids is 1. The molecule has 1 unspecified atom stereocenters. The maximum absolute atomic E-state index is 12.1. The predicted molar refractivity (Wildman–Crippen MR) is 61.8 cm³/mol. The third-order valence-electron chi connectivity index (χ3n) is 3.41. The number of hydrogen-bond acceptors (Lipinski definition) is 3. The van der Waals surface area contributed by atoms with Crippen molar-refractivity contribution >= 4 is 12.0 Å². The number of rotatable bonds is 2. The Morgan fingerprint density at radius 3 is 2.53 bits per heavy atom. The number of amides is 2. The maximum atomic E-state index is 12.1. The molecule has 0 aromatic heterocycles. The molecule has 96 valence electrons. The summed E-state index contributed by atoms with van der Waals surface area (Å²) in [5, 5.41) is 11.9. The topological polar surface area (TPSA) is 72.9 Å². The van der Waals surface area contributed by atoms with Crippen LogP contribution >= 0.6 is 0 Å². The Hall–Kier alpha value is -1.30. The number of piperazine rings is 1. The smallest absolute Gasteiger partial charge is 0.320 e. The van der Waals surface area contributed by atoms with Gasteiger partial charge in [-0.2, -0.15) is 0 Å². The molecule has 1 atom stereocenters. The Balaban J connectivity index is 1.82. The van der Waals surface area contributed by atoms with E-state index in [1.165, 1.54) is 0 Å². The number of carboxylic acids is 1. The van der Waals surface area contributed by atoms with E-state index < -0.39 is 5.97 Å². The van der Waals surface area contributed by atoms with Crippen LogP contribution in [0.2, 0.25) is 0 Å². The minimum atomic E-state index is -0.772. The number of urea groups is 1. The third-order valence-corrected chi connectivity index (χ3v) is 3.41. The summed E-state index contributed by atoms with van der Waals surface area (Å²) in [7, 11) is 0. The first-order chi connectivity index (χ1) is 8.16. The molecular formula is C11H19N3O3. The van der Waals surface area contributed by atoms with E-state index in [-0.39, 0.29) is 18.4 Å². The lowest BCUT2D eigenvalue weighted by atomic mass is 10.1. The molecular weight excluding hydrogens is 222 g/mol. The molecule has 0 radical (unpaired) electrons. The van der Waals surface area contributed by atoms with Crippen LogP contribution < -0.4 is 5.32 Å². The molecule has 2 saturated heterocycles. The summed E-state index contributed by atoms with van der Waals surface area (Å²) < 4.78 is 0. The average molecular weight is 241 g/mol. The maximum Gasteiger partial charge on any atom is 0.320 e. The van der Waals surface area contributed by atoms with Crippen LogP contribution in [0.25, 0.3) is 0 Å². The molecule has 0 spiro atoms. The van der Waals surface area contributed by atoms with Gasteiger partial charge in [-0.05, 0) is 12.3 Å². The first kappa shape index (κ1) is 12.2. The van der Waals surface area contributed by atoms with Gasteiger partial charge in [0.1, 0.15) is 0 Å². The number of carbonyl (C=O) groups is 2. The lowest BCUT2D eigenvalue weighted by Gasteiger charge is -2.31. The van der Waals surface area contributed by atoms with E-state index in [0.29, 0.717) is 13.1 Å². The number of aliphatic carboxylic acids is 1. The number of carboxylic acid groups (broad SMARTS) is 1. The number of nitrogens with zero attached hydrogens (tertiary/aromatic N) is 2. The molecule has 17 heavy (non-hydrogen) atoms. The zero-order valence-corrected chi connectivity index (χ0v) is 9.89. The molecule has 2 rings (SSSR count). The second-order valence-electron chi connectivity index (χ2n) is 4.72. The van der Waals surface area contributed by atoms with Crippen molar-refractivity contribution in [3.05, 3.63) is 0 Å². The fourth-order valence-corrected chi connectivity index (χ4v) is 2.48. The van der Waals surface area contributed by atoms with Crippen molar-refractivity contribution in [2.75, 3.05) is 39.3 Å². The first-order valence-electron chi connectivity index (χ1n) is 6.13. The van der Waals surface area contributed by atoms with Gasteiger partial charge in [-0.15, -0.1) is 0 Å². The lowest BCUT2D eigenvalue weighted by Crippen LogP contribution is -2.51. The van der Waals surface area contributed by atoms with Crippen molar-refractivity contribution in [1.29, 1.82) is 0 Å². The molecule has 0 aromatic carbocycles. The van der Waals surface area contributed by atoms with Gasteiger partial charge in [0.05, 0.1) is 0 Å². The highest BCUT2D eigenvalue weighted by atomic mass is 16.4. The van der Waals surface area contributed by atoms with Crippen LogP contribution in [0.5, 0.6) is 0 Å². The van der Waals surface area contributed by atoms with Crippen molar-refractivity contribution in [2.45, 2.75) is 12.8 Å². The number of nitrogens with one attached hydrogen (secondary N) is 1. The molecule has 2 aliphatic rings. The van der Waals surface area contributed by atoms with E-state index in [1.54, 1.807) is 4.90 Å². The van der Waals surface area contributed by atoms with Crippen LogP contribution in [0.3, 0.4) is 0 Å². The standard InChI is InChI=1S/C11H19N3O3/c15-10(16)7-9-1-4-14(8-9)11(17)13-5-2-12-3-6-13/h9,12H,1-8H2,(H,15,16). The van der Waals surface area contributed by atoms with Gasteiger partial charge >= 0.3 is 12.0 Å². The molecule has 0 bridgehead atoms. The van der Waals surface area contributed by atoms with Crippen molar-refractivity contribution in [1.82, 2.24) is 15.1 Å². The van der Waals surface area contributed by atoms with E-state index >= 15 is 0 Å². The van der Waals surface area contributed by atoms with Gasteiger partial charge in [0.15, 0.2) is 0 Å². The summed E-state index contributed by atoms with van der Waals surface area (Å²) in [6, 6.07) is 0.0689. The molecule has 2 fully saturated rings. The predicted octanol–water partition coefficient (Wildman–Crippen LogP) is -0.192. The van der Waals surface area contributed by atoms with E-state index in [0.717, 1.165) is 32.6 Å². The van der Waals surface area contributed by atoms with Crippen LogP contribution in [0.15, 0.2) is 0 Å². The molecule has 2 aliphatic heterocycles. The monoisotopic (exact) mass is 241 g/mol. The summed E-state index contributed by atoms with van der Waals surface area (Å²) in [4.78, 5) is 26.4. The van der Waals surface area contributed by atoms with E-state index in [1.807, 2.05) is 4.90 Å². The average Bonchev–Trinajstić information content (AvgIpc) is 2.77. The summed E-state index contributed by atoms with van der Waals surface area (Å²) in [6.45, 7) is 4.48. The van der Waals surface area contributed by atoms with E-state index in [2.05, 4.69) is 5.32 Å². The van der Waals surface area contributed by atoms with Crippen LogP contribution in [0.4, 0.5) is 4.79 Å². The summed E-state index contributed by atoms with van der Waals surface area (Å²) in [5.41, 5.74) is 0. The Morgan fingerprint density at radius 1 is 1.18 bits per heavy atom. The minimum absolute atomic E-state index is 0.0689. The van der Waals surface area contributed by atoms with Crippen molar-refractivity contribution < 1.29 is 14.7 Å². The van der Waals surface area contributed by atoms with Crippen LogP contribution in [-0.4, -0.2) is 66.2 Å². The quantitative estimate of drug-likeness (QED) is 0.702. The highest BCUT2D eigenvalue weighted by Crippen LogP contribution is 2.20. The van der Waals surface area contributed by atoms with Gasteiger partial charge in [-0.25, -0.2) is 4.79 Å². The van der Waals surface area contributed by atoms with Crippen molar-refractivity contribution in [3.63, 3.8) is 0 Å². The molecule has 2 N–H and O–H groups in total. The first-order valence-corrected chi connectivity index (χ1v) is 6.13. The number of hydrogen-bond donors (Lipinski definition) is 2. The summed E-state index contributed by atoms with van der Waals surface area (Å²) in [5.74, 6) is -0.647. The molecule has 2 amide bonds. The van der Waals surface area contributed by atoms with Gasteiger partial charge < -0.3 is 20.2 Å². The second kappa shape index (κ2) is 5.35. The lowest BCUT2D eigenvalue weighted by molar-refractivity contribution is -0.138.